The summed E-state index contributed by atoms with van der Waals surface area (Å²) in [5.74, 6) is 0.0540. The van der Waals surface area contributed by atoms with Crippen LogP contribution in [0.25, 0.3) is 0 Å². The molecule has 0 atom stereocenters. The van der Waals surface area contributed by atoms with E-state index in [-0.39, 0.29) is 5.91 Å². The van der Waals surface area contributed by atoms with Crippen LogP contribution in [-0.2, 0) is 9.53 Å². The van der Waals surface area contributed by atoms with Crippen LogP contribution in [0.4, 0.5) is 0 Å². The minimum Gasteiger partial charge on any atom is -0.379 e. The van der Waals surface area contributed by atoms with E-state index in [0.29, 0.717) is 6.54 Å². The summed E-state index contributed by atoms with van der Waals surface area (Å²) in [6.07, 6.45) is 0.975. The largest absolute Gasteiger partial charge is 0.379 e. The summed E-state index contributed by atoms with van der Waals surface area (Å²) in [5, 5.41) is 4.84. The summed E-state index contributed by atoms with van der Waals surface area (Å²) in [6, 6.07) is 0. The van der Waals surface area contributed by atoms with Crippen LogP contribution >= 0.6 is 0 Å². The predicted molar refractivity (Wildman–Crippen MR) is 53.7 cm³/mol. The second kappa shape index (κ2) is 6.75. The van der Waals surface area contributed by atoms with Crippen molar-refractivity contribution in [1.82, 2.24) is 15.8 Å². The van der Waals surface area contributed by atoms with Crippen molar-refractivity contribution in [2.45, 2.75) is 13.3 Å². The molecule has 2 N–H and O–H groups in total. The fraction of sp³-hybridized carbons (Fsp3) is 0.889. The fourth-order valence-corrected chi connectivity index (χ4v) is 1.23. The van der Waals surface area contributed by atoms with Crippen molar-refractivity contribution >= 4 is 5.91 Å². The van der Waals surface area contributed by atoms with Gasteiger partial charge in [0.2, 0.25) is 5.91 Å². The van der Waals surface area contributed by atoms with Gasteiger partial charge in [0, 0.05) is 19.6 Å². The van der Waals surface area contributed by atoms with Crippen LogP contribution in [0.5, 0.6) is 0 Å². The molecule has 1 fully saturated rings. The van der Waals surface area contributed by atoms with Gasteiger partial charge in [0.25, 0.3) is 0 Å². The Labute approximate surface area is 84.8 Å². The van der Waals surface area contributed by atoms with Gasteiger partial charge in [0.15, 0.2) is 0 Å². The molecule has 1 aliphatic rings. The van der Waals surface area contributed by atoms with E-state index in [1.165, 1.54) is 0 Å². The first-order valence-corrected chi connectivity index (χ1v) is 5.16. The molecule has 1 saturated heterocycles. The third kappa shape index (κ3) is 4.55. The number of nitrogens with one attached hydrogen (secondary N) is 2. The summed E-state index contributed by atoms with van der Waals surface area (Å²) < 4.78 is 5.19. The predicted octanol–water partition coefficient (Wildman–Crippen LogP) is -0.651. The number of ether oxygens (including phenoxy) is 1. The number of nitrogens with zero attached hydrogens (tertiary/aromatic N) is 1. The van der Waals surface area contributed by atoms with Gasteiger partial charge in [-0.3, -0.25) is 4.79 Å². The molecule has 1 aliphatic heterocycles. The third-order valence-corrected chi connectivity index (χ3v) is 2.05. The number of rotatable bonds is 5. The van der Waals surface area contributed by atoms with Gasteiger partial charge in [-0.1, -0.05) is 6.92 Å². The number of hydrogen-bond acceptors (Lipinski definition) is 4. The Balaban J connectivity index is 2.03. The normalized spacial score (nSPS) is 18.1. The first kappa shape index (κ1) is 11.4. The summed E-state index contributed by atoms with van der Waals surface area (Å²) in [6.45, 7) is 6.33. The topological polar surface area (TPSA) is 53.6 Å². The monoisotopic (exact) mass is 201 g/mol. The zero-order valence-corrected chi connectivity index (χ0v) is 8.71. The quantitative estimate of drug-likeness (QED) is 0.620. The molecule has 0 aromatic rings. The lowest BCUT2D eigenvalue weighted by atomic mass is 10.4. The molecule has 0 saturated carbocycles. The van der Waals surface area contributed by atoms with E-state index < -0.39 is 0 Å². The molecule has 0 spiro atoms. The minimum absolute atomic E-state index is 0.0540. The number of amides is 1. The molecular weight excluding hydrogens is 182 g/mol. The molecule has 0 aromatic heterocycles. The molecule has 0 unspecified atom stereocenters. The minimum atomic E-state index is 0.0540. The Bertz CT molecular complexity index is 169. The average molecular weight is 201 g/mol. The number of carbonyl (C=O) groups is 1. The van der Waals surface area contributed by atoms with Crippen LogP contribution in [0.2, 0.25) is 0 Å². The molecule has 1 rings (SSSR count). The Morgan fingerprint density at radius 3 is 2.79 bits per heavy atom. The van der Waals surface area contributed by atoms with Gasteiger partial charge in [-0.15, -0.1) is 0 Å². The first-order chi connectivity index (χ1) is 6.83. The van der Waals surface area contributed by atoms with Gasteiger partial charge in [-0.2, -0.15) is 0 Å². The highest BCUT2D eigenvalue weighted by molar-refractivity contribution is 5.77. The maximum absolute atomic E-state index is 11.2. The maximum atomic E-state index is 11.2. The first-order valence-electron chi connectivity index (χ1n) is 5.16. The van der Waals surface area contributed by atoms with Crippen molar-refractivity contribution in [2.24, 2.45) is 0 Å². The van der Waals surface area contributed by atoms with Crippen LogP contribution in [-0.4, -0.2) is 50.3 Å². The second-order valence-corrected chi connectivity index (χ2v) is 3.28. The molecule has 0 radical (unpaired) electrons. The molecule has 14 heavy (non-hydrogen) atoms. The van der Waals surface area contributed by atoms with Gasteiger partial charge in [-0.25, -0.2) is 10.4 Å². The average Bonchev–Trinajstić information content (AvgIpc) is 2.25. The van der Waals surface area contributed by atoms with E-state index in [9.17, 15) is 4.79 Å². The second-order valence-electron chi connectivity index (χ2n) is 3.28. The Kier molecular flexibility index (Phi) is 5.51. The number of hydrazine groups is 1. The zero-order valence-electron chi connectivity index (χ0n) is 8.71. The standard InChI is InChI=1S/C9H19N3O2/c1-2-3-10-9(13)8-11-12-4-6-14-7-5-12/h11H,2-8H2,1H3,(H,10,13). The molecule has 5 heteroatoms. The van der Waals surface area contributed by atoms with Crippen molar-refractivity contribution in [3.8, 4) is 0 Å². The smallest absolute Gasteiger partial charge is 0.235 e. The van der Waals surface area contributed by atoms with Crippen molar-refractivity contribution in [2.75, 3.05) is 39.4 Å². The van der Waals surface area contributed by atoms with Crippen molar-refractivity contribution in [3.63, 3.8) is 0 Å². The molecule has 0 aliphatic carbocycles. The summed E-state index contributed by atoms with van der Waals surface area (Å²) in [4.78, 5) is 11.2. The van der Waals surface area contributed by atoms with Crippen molar-refractivity contribution < 1.29 is 9.53 Å². The highest BCUT2D eigenvalue weighted by atomic mass is 16.5. The highest BCUT2D eigenvalue weighted by Gasteiger charge is 2.10. The van der Waals surface area contributed by atoms with E-state index >= 15 is 0 Å². The third-order valence-electron chi connectivity index (χ3n) is 2.05. The van der Waals surface area contributed by atoms with Gasteiger partial charge in [0.05, 0.1) is 19.8 Å². The van der Waals surface area contributed by atoms with Crippen molar-refractivity contribution in [1.29, 1.82) is 0 Å². The summed E-state index contributed by atoms with van der Waals surface area (Å²) in [7, 11) is 0. The molecule has 82 valence electrons. The Morgan fingerprint density at radius 1 is 1.43 bits per heavy atom. The lowest BCUT2D eigenvalue weighted by Crippen LogP contribution is -2.49. The van der Waals surface area contributed by atoms with Crippen LogP contribution in [0.1, 0.15) is 13.3 Å². The van der Waals surface area contributed by atoms with Crippen LogP contribution in [0.15, 0.2) is 0 Å². The van der Waals surface area contributed by atoms with Gasteiger partial charge in [-0.05, 0) is 6.42 Å². The van der Waals surface area contributed by atoms with E-state index in [1.54, 1.807) is 0 Å². The lowest BCUT2D eigenvalue weighted by molar-refractivity contribution is -0.121. The van der Waals surface area contributed by atoms with E-state index in [2.05, 4.69) is 10.7 Å². The van der Waals surface area contributed by atoms with Crippen molar-refractivity contribution in [3.05, 3.63) is 0 Å². The number of hydrogen-bond donors (Lipinski definition) is 2. The Morgan fingerprint density at radius 2 is 2.14 bits per heavy atom. The van der Waals surface area contributed by atoms with E-state index in [4.69, 9.17) is 4.74 Å². The van der Waals surface area contributed by atoms with Crippen LogP contribution < -0.4 is 10.7 Å². The SMILES string of the molecule is CCCNC(=O)CNN1CCOCC1. The molecule has 0 aromatic carbocycles. The zero-order chi connectivity index (χ0) is 10.2. The fourth-order valence-electron chi connectivity index (χ4n) is 1.23. The van der Waals surface area contributed by atoms with Gasteiger partial charge >= 0.3 is 0 Å². The molecular formula is C9H19N3O2. The lowest BCUT2D eigenvalue weighted by Gasteiger charge is -2.26. The van der Waals surface area contributed by atoms with Crippen LogP contribution in [0.3, 0.4) is 0 Å². The number of morpholine rings is 1. The van der Waals surface area contributed by atoms with Gasteiger partial charge in [0.1, 0.15) is 0 Å². The molecule has 1 heterocycles. The highest BCUT2D eigenvalue weighted by Crippen LogP contribution is 1.91. The van der Waals surface area contributed by atoms with E-state index in [1.807, 2.05) is 11.9 Å². The maximum Gasteiger partial charge on any atom is 0.235 e. The molecule has 0 bridgehead atoms. The Hall–Kier alpha value is -0.650. The summed E-state index contributed by atoms with van der Waals surface area (Å²) in [5.41, 5.74) is 3.07. The van der Waals surface area contributed by atoms with E-state index in [0.717, 1.165) is 39.3 Å². The van der Waals surface area contributed by atoms with Crippen LogP contribution in [0, 0.1) is 0 Å². The molecule has 5 nitrogen and oxygen atoms in total. The summed E-state index contributed by atoms with van der Waals surface area (Å²) >= 11 is 0. The number of carbonyl (C=O) groups excluding carboxylic acids is 1. The van der Waals surface area contributed by atoms with Gasteiger partial charge < -0.3 is 10.1 Å². The molecule has 1 amide bonds.